The van der Waals surface area contributed by atoms with Gasteiger partial charge in [0.1, 0.15) is 0 Å². The van der Waals surface area contributed by atoms with Gasteiger partial charge in [0.05, 0.1) is 11.6 Å². The van der Waals surface area contributed by atoms with Crippen molar-refractivity contribution in [1.29, 1.82) is 5.26 Å². The lowest BCUT2D eigenvalue weighted by Gasteiger charge is -2.36. The molecule has 0 bridgehead atoms. The number of para-hydroxylation sites is 1. The van der Waals surface area contributed by atoms with Crippen molar-refractivity contribution in [3.63, 3.8) is 0 Å². The summed E-state index contributed by atoms with van der Waals surface area (Å²) in [6, 6.07) is 29.9. The van der Waals surface area contributed by atoms with Crippen molar-refractivity contribution < 1.29 is 0 Å². The Kier molecular flexibility index (Phi) is 7.46. The number of fused-ring (bicyclic) bond motifs is 1. The number of rotatable bonds is 9. The first-order valence-electron chi connectivity index (χ1n) is 12.9. The Bertz CT molecular complexity index is 1260. The second kappa shape index (κ2) is 11.3. The third-order valence-electron chi connectivity index (χ3n) is 7.24. The second-order valence-electron chi connectivity index (χ2n) is 9.55. The van der Waals surface area contributed by atoms with E-state index < -0.39 is 0 Å². The summed E-state index contributed by atoms with van der Waals surface area (Å²) in [5.74, 6) is 0. The Balaban J connectivity index is 1.16. The van der Waals surface area contributed by atoms with E-state index >= 15 is 0 Å². The molecule has 0 amide bonds. The summed E-state index contributed by atoms with van der Waals surface area (Å²) >= 11 is 0. The van der Waals surface area contributed by atoms with Crippen LogP contribution in [0.15, 0.2) is 85.1 Å². The normalized spacial score (nSPS) is 14.3. The van der Waals surface area contributed by atoms with Crippen LogP contribution in [-0.2, 0) is 19.4 Å². The first kappa shape index (κ1) is 23.2. The van der Waals surface area contributed by atoms with Crippen LogP contribution in [0.2, 0.25) is 0 Å². The minimum Gasteiger partial charge on any atom is -0.369 e. The van der Waals surface area contributed by atoms with E-state index in [-0.39, 0.29) is 0 Å². The average Bonchev–Trinajstić information content (AvgIpc) is 3.28. The fraction of sp³-hybridized carbons (Fsp3) is 0.323. The molecule has 4 nitrogen and oxygen atoms in total. The van der Waals surface area contributed by atoms with Crippen LogP contribution in [0, 0.1) is 11.3 Å². The number of aryl methyl sites for hydroxylation is 3. The highest BCUT2D eigenvalue weighted by Gasteiger charge is 2.17. The molecule has 0 atom stereocenters. The second-order valence-corrected chi connectivity index (χ2v) is 9.55. The maximum Gasteiger partial charge on any atom is 0.0991 e. The SMILES string of the molecule is N#Cc1ccc2c(c1)c(CCCCN1CCN(c3ccccc3)CC1)cn2CCc1ccccc1. The Morgan fingerprint density at radius 1 is 0.743 bits per heavy atom. The van der Waals surface area contributed by atoms with Gasteiger partial charge in [0.2, 0.25) is 0 Å². The molecule has 4 aromatic rings. The van der Waals surface area contributed by atoms with Crippen molar-refractivity contribution in [2.75, 3.05) is 37.6 Å². The number of unbranched alkanes of at least 4 members (excludes halogenated alkanes) is 1. The van der Waals surface area contributed by atoms with Crippen molar-refractivity contribution in [1.82, 2.24) is 9.47 Å². The zero-order chi connectivity index (χ0) is 23.9. The van der Waals surface area contributed by atoms with Crippen molar-refractivity contribution in [3.8, 4) is 6.07 Å². The Hall–Kier alpha value is -3.55. The lowest BCUT2D eigenvalue weighted by molar-refractivity contribution is 0.253. The summed E-state index contributed by atoms with van der Waals surface area (Å²) in [7, 11) is 0. The van der Waals surface area contributed by atoms with Gasteiger partial charge in [-0.3, -0.25) is 4.90 Å². The molecule has 0 spiro atoms. The molecule has 0 radical (unpaired) electrons. The van der Waals surface area contributed by atoms with Crippen LogP contribution in [0.5, 0.6) is 0 Å². The van der Waals surface area contributed by atoms with Gasteiger partial charge in [0.15, 0.2) is 0 Å². The lowest BCUT2D eigenvalue weighted by atomic mass is 10.0. The van der Waals surface area contributed by atoms with Crippen molar-refractivity contribution in [3.05, 3.63) is 102 Å². The number of nitriles is 1. The van der Waals surface area contributed by atoms with Crippen molar-refractivity contribution in [2.24, 2.45) is 0 Å². The van der Waals surface area contributed by atoms with Crippen LogP contribution < -0.4 is 4.90 Å². The summed E-state index contributed by atoms with van der Waals surface area (Å²) in [6.45, 7) is 6.61. The van der Waals surface area contributed by atoms with Crippen molar-refractivity contribution >= 4 is 16.6 Å². The fourth-order valence-electron chi connectivity index (χ4n) is 5.24. The zero-order valence-electron chi connectivity index (χ0n) is 20.4. The molecule has 1 aliphatic rings. The van der Waals surface area contributed by atoms with E-state index in [4.69, 9.17) is 0 Å². The van der Waals surface area contributed by atoms with E-state index in [9.17, 15) is 5.26 Å². The van der Waals surface area contributed by atoms with Crippen LogP contribution >= 0.6 is 0 Å². The molecule has 0 aliphatic carbocycles. The molecule has 0 N–H and O–H groups in total. The monoisotopic (exact) mass is 462 g/mol. The topological polar surface area (TPSA) is 35.2 Å². The number of benzene rings is 3. The number of piperazine rings is 1. The number of nitrogens with zero attached hydrogens (tertiary/aromatic N) is 4. The summed E-state index contributed by atoms with van der Waals surface area (Å²) in [4.78, 5) is 5.10. The molecular weight excluding hydrogens is 428 g/mol. The molecule has 0 saturated carbocycles. The maximum atomic E-state index is 9.43. The number of hydrogen-bond donors (Lipinski definition) is 0. The van der Waals surface area contributed by atoms with Gasteiger partial charge in [-0.15, -0.1) is 0 Å². The summed E-state index contributed by atoms with van der Waals surface area (Å²) in [6.07, 6.45) is 6.79. The Morgan fingerprint density at radius 3 is 2.23 bits per heavy atom. The van der Waals surface area contributed by atoms with Gasteiger partial charge < -0.3 is 9.47 Å². The van der Waals surface area contributed by atoms with Gasteiger partial charge in [0.25, 0.3) is 0 Å². The van der Waals surface area contributed by atoms with Gasteiger partial charge in [0, 0.05) is 55.5 Å². The Morgan fingerprint density at radius 2 is 1.49 bits per heavy atom. The summed E-state index contributed by atoms with van der Waals surface area (Å²) < 4.78 is 2.38. The third kappa shape index (κ3) is 5.75. The first-order chi connectivity index (χ1) is 17.3. The smallest absolute Gasteiger partial charge is 0.0991 e. The largest absolute Gasteiger partial charge is 0.369 e. The highest BCUT2D eigenvalue weighted by molar-refractivity contribution is 5.85. The standard InChI is InChI=1S/C31H34N4/c32-24-27-14-15-31-30(23-27)28(25-35(31)18-16-26-9-3-1-4-10-26)11-7-8-17-33-19-21-34(22-20-33)29-12-5-2-6-13-29/h1-6,9-10,12-15,23,25H,7-8,11,16-22H2. The van der Waals surface area contributed by atoms with Gasteiger partial charge >= 0.3 is 0 Å². The molecule has 1 aliphatic heterocycles. The molecule has 4 heteroatoms. The van der Waals surface area contributed by atoms with E-state index in [1.54, 1.807) is 0 Å². The minimum absolute atomic E-state index is 0.746. The maximum absolute atomic E-state index is 9.43. The highest BCUT2D eigenvalue weighted by Crippen LogP contribution is 2.25. The predicted octanol–water partition coefficient (Wildman–Crippen LogP) is 5.90. The molecule has 1 saturated heterocycles. The Labute approximate surface area is 209 Å². The fourth-order valence-corrected chi connectivity index (χ4v) is 5.24. The van der Waals surface area contributed by atoms with E-state index in [0.29, 0.717) is 0 Å². The number of aromatic nitrogens is 1. The van der Waals surface area contributed by atoms with E-state index in [2.05, 4.69) is 99.4 Å². The number of anilines is 1. The van der Waals surface area contributed by atoms with Crippen LogP contribution in [0.3, 0.4) is 0 Å². The molecule has 35 heavy (non-hydrogen) atoms. The average molecular weight is 463 g/mol. The summed E-state index contributed by atoms with van der Waals surface area (Å²) in [5.41, 5.74) is 6.06. The minimum atomic E-state index is 0.746. The first-order valence-corrected chi connectivity index (χ1v) is 12.9. The molecule has 178 valence electrons. The van der Waals surface area contributed by atoms with E-state index in [1.165, 1.54) is 47.1 Å². The van der Waals surface area contributed by atoms with Crippen molar-refractivity contribution in [2.45, 2.75) is 32.2 Å². The van der Waals surface area contributed by atoms with E-state index in [1.807, 2.05) is 6.07 Å². The molecule has 1 aromatic heterocycles. The van der Waals surface area contributed by atoms with Gasteiger partial charge in [-0.1, -0.05) is 48.5 Å². The molecule has 0 unspecified atom stereocenters. The van der Waals surface area contributed by atoms with Gasteiger partial charge in [-0.2, -0.15) is 5.26 Å². The predicted molar refractivity (Wildman–Crippen MR) is 145 cm³/mol. The number of hydrogen-bond acceptors (Lipinski definition) is 3. The van der Waals surface area contributed by atoms with Crippen LogP contribution in [0.1, 0.15) is 29.5 Å². The molecular formula is C31H34N4. The third-order valence-corrected chi connectivity index (χ3v) is 7.24. The van der Waals surface area contributed by atoms with Gasteiger partial charge in [-0.25, -0.2) is 0 Å². The van der Waals surface area contributed by atoms with Crippen LogP contribution in [0.25, 0.3) is 10.9 Å². The quantitative estimate of drug-likeness (QED) is 0.291. The molecule has 1 fully saturated rings. The molecule has 3 aromatic carbocycles. The van der Waals surface area contributed by atoms with Crippen LogP contribution in [-0.4, -0.2) is 42.2 Å². The summed E-state index contributed by atoms with van der Waals surface area (Å²) in [5, 5.41) is 10.7. The molecule has 2 heterocycles. The zero-order valence-corrected chi connectivity index (χ0v) is 20.4. The van der Waals surface area contributed by atoms with E-state index in [0.717, 1.165) is 51.1 Å². The highest BCUT2D eigenvalue weighted by atomic mass is 15.3. The lowest BCUT2D eigenvalue weighted by Crippen LogP contribution is -2.46. The molecule has 5 rings (SSSR count). The van der Waals surface area contributed by atoms with Crippen LogP contribution in [0.4, 0.5) is 5.69 Å². The van der Waals surface area contributed by atoms with Gasteiger partial charge in [-0.05, 0) is 73.7 Å².